The van der Waals surface area contributed by atoms with Gasteiger partial charge in [0.25, 0.3) is 5.56 Å². The third kappa shape index (κ3) is 2.05. The number of hydrogen-bond acceptors (Lipinski definition) is 5. The summed E-state index contributed by atoms with van der Waals surface area (Å²) in [7, 11) is 1.88. The largest absolute Gasteiger partial charge is 0.314 e. The van der Waals surface area contributed by atoms with E-state index >= 15 is 0 Å². The molecule has 1 N–H and O–H groups in total. The highest BCUT2D eigenvalue weighted by Crippen LogP contribution is 2.27. The molecule has 0 radical (unpaired) electrons. The van der Waals surface area contributed by atoms with Gasteiger partial charge in [-0.1, -0.05) is 35.6 Å². The van der Waals surface area contributed by atoms with Gasteiger partial charge in [-0.05, 0) is 24.3 Å². The van der Waals surface area contributed by atoms with Crippen LogP contribution in [0, 0.1) is 0 Å². The Morgan fingerprint density at radius 3 is 2.68 bits per heavy atom. The number of nitrogens with zero attached hydrogens (tertiary/aromatic N) is 3. The Morgan fingerprint density at radius 2 is 1.82 bits per heavy atom. The zero-order valence-electron chi connectivity index (χ0n) is 11.8. The lowest BCUT2D eigenvalue weighted by atomic mass is 10.2. The van der Waals surface area contributed by atoms with Crippen LogP contribution >= 0.6 is 11.3 Å². The van der Waals surface area contributed by atoms with Crippen LogP contribution in [0.4, 0.5) is 11.1 Å². The Labute approximate surface area is 129 Å². The van der Waals surface area contributed by atoms with E-state index in [1.807, 2.05) is 54.1 Å². The zero-order valence-corrected chi connectivity index (χ0v) is 12.6. The molecule has 0 unspecified atom stereocenters. The number of benzene rings is 2. The maximum absolute atomic E-state index is 12.1. The number of thiazole rings is 1. The van der Waals surface area contributed by atoms with E-state index in [4.69, 9.17) is 0 Å². The van der Waals surface area contributed by atoms with Crippen molar-refractivity contribution in [3.63, 3.8) is 0 Å². The average molecular weight is 308 g/mol. The lowest BCUT2D eigenvalue weighted by molar-refractivity contribution is 0.914. The molecule has 0 aliphatic carbocycles. The molecule has 0 amide bonds. The van der Waals surface area contributed by atoms with Crippen molar-refractivity contribution in [3.05, 3.63) is 58.9 Å². The van der Waals surface area contributed by atoms with Crippen LogP contribution in [0.3, 0.4) is 0 Å². The van der Waals surface area contributed by atoms with Crippen molar-refractivity contribution in [2.75, 3.05) is 5.32 Å². The third-order valence-corrected chi connectivity index (χ3v) is 4.49. The predicted molar refractivity (Wildman–Crippen MR) is 89.9 cm³/mol. The maximum Gasteiger partial charge on any atom is 0.282 e. The molecule has 2 aromatic heterocycles. The number of rotatable bonds is 2. The molecule has 0 aliphatic heterocycles. The van der Waals surface area contributed by atoms with Crippen LogP contribution in [0.25, 0.3) is 21.1 Å². The van der Waals surface area contributed by atoms with Crippen LogP contribution in [0.2, 0.25) is 0 Å². The van der Waals surface area contributed by atoms with Gasteiger partial charge < -0.3 is 9.88 Å². The van der Waals surface area contributed by atoms with Crippen LogP contribution in [0.1, 0.15) is 0 Å². The fraction of sp³-hybridized carbons (Fsp3) is 0.0625. The first-order valence-corrected chi connectivity index (χ1v) is 7.62. The smallest absolute Gasteiger partial charge is 0.282 e. The van der Waals surface area contributed by atoms with Crippen LogP contribution < -0.4 is 10.9 Å². The molecule has 0 spiro atoms. The zero-order chi connectivity index (χ0) is 15.1. The molecule has 0 saturated heterocycles. The Hall–Kier alpha value is -2.73. The summed E-state index contributed by atoms with van der Waals surface area (Å²) in [5.74, 6) is 0.489. The molecular formula is C16H12N4OS. The Bertz CT molecular complexity index is 1020. The molecule has 2 heterocycles. The van der Waals surface area contributed by atoms with Crippen LogP contribution in [0.15, 0.2) is 53.3 Å². The van der Waals surface area contributed by atoms with E-state index in [9.17, 15) is 4.79 Å². The summed E-state index contributed by atoms with van der Waals surface area (Å²) in [6, 6.07) is 15.3. The van der Waals surface area contributed by atoms with Crippen molar-refractivity contribution in [2.24, 2.45) is 7.05 Å². The van der Waals surface area contributed by atoms with Crippen LogP contribution in [0.5, 0.6) is 0 Å². The Morgan fingerprint density at radius 1 is 1.05 bits per heavy atom. The monoisotopic (exact) mass is 308 g/mol. The van der Waals surface area contributed by atoms with Gasteiger partial charge in [0.05, 0.1) is 21.1 Å². The van der Waals surface area contributed by atoms with E-state index in [0.717, 1.165) is 20.9 Å². The molecule has 0 bridgehead atoms. The van der Waals surface area contributed by atoms with E-state index in [1.165, 1.54) is 11.3 Å². The number of hydrogen-bond donors (Lipinski definition) is 1. The van der Waals surface area contributed by atoms with Gasteiger partial charge in [0.1, 0.15) is 0 Å². The summed E-state index contributed by atoms with van der Waals surface area (Å²) in [5, 5.41) is 4.49. The fourth-order valence-electron chi connectivity index (χ4n) is 2.43. The molecule has 108 valence electrons. The first-order chi connectivity index (χ1) is 10.7. The predicted octanol–water partition coefficient (Wildman–Crippen LogP) is 3.29. The average Bonchev–Trinajstić information content (AvgIpc) is 2.95. The SMILES string of the molecule is Cn1c(Nc2nc3ccccc3s2)nc(=O)c2ccccc21. The number of fused-ring (bicyclic) bond motifs is 2. The number of para-hydroxylation sites is 2. The van der Waals surface area contributed by atoms with Crippen molar-refractivity contribution < 1.29 is 0 Å². The van der Waals surface area contributed by atoms with Crippen LogP contribution in [-0.2, 0) is 7.05 Å². The molecular weight excluding hydrogens is 296 g/mol. The molecule has 0 saturated carbocycles. The molecule has 4 aromatic rings. The van der Waals surface area contributed by atoms with E-state index in [-0.39, 0.29) is 5.56 Å². The van der Waals surface area contributed by atoms with Gasteiger partial charge in [0.2, 0.25) is 5.95 Å². The quantitative estimate of drug-likeness (QED) is 0.617. The minimum absolute atomic E-state index is 0.239. The van der Waals surface area contributed by atoms with Gasteiger partial charge in [-0.15, -0.1) is 0 Å². The highest BCUT2D eigenvalue weighted by atomic mass is 32.1. The van der Waals surface area contributed by atoms with Gasteiger partial charge in [-0.3, -0.25) is 4.79 Å². The van der Waals surface area contributed by atoms with Gasteiger partial charge in [0.15, 0.2) is 5.13 Å². The number of nitrogens with one attached hydrogen (secondary N) is 1. The van der Waals surface area contributed by atoms with Crippen molar-refractivity contribution in [1.29, 1.82) is 0 Å². The Kier molecular flexibility index (Phi) is 2.90. The third-order valence-electron chi connectivity index (χ3n) is 3.53. The number of anilines is 2. The molecule has 0 atom stereocenters. The second-order valence-corrected chi connectivity index (χ2v) is 5.96. The lowest BCUT2D eigenvalue weighted by Crippen LogP contribution is -2.15. The molecule has 0 aliphatic rings. The van der Waals surface area contributed by atoms with Crippen molar-refractivity contribution in [2.45, 2.75) is 0 Å². The standard InChI is InChI=1S/C16H12N4OS/c1-20-12-8-4-2-6-10(12)14(21)18-15(20)19-16-17-11-7-3-5-9-13(11)22-16/h2-9H,1H3,(H,17,18,19,21). The van der Waals surface area contributed by atoms with E-state index in [0.29, 0.717) is 11.3 Å². The molecule has 0 fully saturated rings. The van der Waals surface area contributed by atoms with Crippen molar-refractivity contribution in [1.82, 2.24) is 14.5 Å². The van der Waals surface area contributed by atoms with Gasteiger partial charge >= 0.3 is 0 Å². The highest BCUT2D eigenvalue weighted by molar-refractivity contribution is 7.22. The van der Waals surface area contributed by atoms with E-state index in [1.54, 1.807) is 6.07 Å². The summed E-state index contributed by atoms with van der Waals surface area (Å²) >= 11 is 1.53. The lowest BCUT2D eigenvalue weighted by Gasteiger charge is -2.10. The minimum Gasteiger partial charge on any atom is -0.314 e. The normalized spacial score (nSPS) is 11.1. The van der Waals surface area contributed by atoms with E-state index < -0.39 is 0 Å². The molecule has 4 rings (SSSR count). The topological polar surface area (TPSA) is 59.8 Å². The van der Waals surface area contributed by atoms with E-state index in [2.05, 4.69) is 15.3 Å². The van der Waals surface area contributed by atoms with Gasteiger partial charge in [0, 0.05) is 7.05 Å². The summed E-state index contributed by atoms with van der Waals surface area (Å²) in [5.41, 5.74) is 1.53. The summed E-state index contributed by atoms with van der Waals surface area (Å²) in [4.78, 5) is 20.8. The first kappa shape index (κ1) is 13.0. The number of aromatic nitrogens is 3. The summed E-state index contributed by atoms with van der Waals surface area (Å²) < 4.78 is 2.96. The molecule has 5 nitrogen and oxygen atoms in total. The van der Waals surface area contributed by atoms with Gasteiger partial charge in [-0.2, -0.15) is 4.98 Å². The van der Waals surface area contributed by atoms with Crippen LogP contribution in [-0.4, -0.2) is 14.5 Å². The fourth-order valence-corrected chi connectivity index (χ4v) is 3.29. The van der Waals surface area contributed by atoms with Crippen molar-refractivity contribution >= 4 is 43.5 Å². The second kappa shape index (κ2) is 4.92. The van der Waals surface area contributed by atoms with Crippen molar-refractivity contribution in [3.8, 4) is 0 Å². The highest BCUT2D eigenvalue weighted by Gasteiger charge is 2.10. The van der Waals surface area contributed by atoms with Gasteiger partial charge in [-0.25, -0.2) is 4.98 Å². The summed E-state index contributed by atoms with van der Waals surface area (Å²) in [6.07, 6.45) is 0. The minimum atomic E-state index is -0.239. The molecule has 6 heteroatoms. The summed E-state index contributed by atoms with van der Waals surface area (Å²) in [6.45, 7) is 0. The molecule has 22 heavy (non-hydrogen) atoms. The Balaban J connectivity index is 1.84. The first-order valence-electron chi connectivity index (χ1n) is 6.81. The number of aryl methyl sites for hydroxylation is 1. The molecule has 2 aromatic carbocycles. The maximum atomic E-state index is 12.1. The second-order valence-electron chi connectivity index (χ2n) is 4.93.